The molecular weight excluding hydrogens is 278 g/mol. The van der Waals surface area contributed by atoms with Gasteiger partial charge in [-0.25, -0.2) is 9.97 Å². The topological polar surface area (TPSA) is 56.3 Å². The number of anilines is 1. The van der Waals surface area contributed by atoms with Gasteiger partial charge in [-0.15, -0.1) is 0 Å². The summed E-state index contributed by atoms with van der Waals surface area (Å²) in [6, 6.07) is 3.94. The Balaban J connectivity index is 2.61. The van der Waals surface area contributed by atoms with Crippen molar-refractivity contribution < 1.29 is 9.47 Å². The molecule has 0 spiro atoms. The first-order chi connectivity index (χ1) is 9.58. The van der Waals surface area contributed by atoms with Crippen LogP contribution in [0.15, 0.2) is 12.1 Å². The number of nitrogens with zero attached hydrogens (tertiary/aromatic N) is 2. The second kappa shape index (κ2) is 6.13. The van der Waals surface area contributed by atoms with Gasteiger partial charge in [0, 0.05) is 17.5 Å². The second-order valence-electron chi connectivity index (χ2n) is 4.52. The molecule has 6 heteroatoms. The lowest BCUT2D eigenvalue weighted by Gasteiger charge is -2.15. The van der Waals surface area contributed by atoms with Crippen molar-refractivity contribution >= 4 is 28.3 Å². The molecule has 20 heavy (non-hydrogen) atoms. The Morgan fingerprint density at radius 1 is 1.20 bits per heavy atom. The molecule has 1 unspecified atom stereocenters. The van der Waals surface area contributed by atoms with Crippen LogP contribution in [0.2, 0.25) is 5.28 Å². The highest BCUT2D eigenvalue weighted by Crippen LogP contribution is 2.34. The number of nitrogens with one attached hydrogen (secondary N) is 1. The van der Waals surface area contributed by atoms with E-state index in [1.165, 1.54) is 0 Å². The van der Waals surface area contributed by atoms with Crippen molar-refractivity contribution in [3.63, 3.8) is 0 Å². The van der Waals surface area contributed by atoms with Crippen molar-refractivity contribution in [1.29, 1.82) is 0 Å². The van der Waals surface area contributed by atoms with E-state index in [4.69, 9.17) is 21.1 Å². The largest absolute Gasteiger partial charge is 0.493 e. The maximum Gasteiger partial charge on any atom is 0.224 e. The molecule has 1 aromatic carbocycles. The van der Waals surface area contributed by atoms with Crippen LogP contribution in [0.1, 0.15) is 20.3 Å². The van der Waals surface area contributed by atoms with Crippen LogP contribution in [0, 0.1) is 0 Å². The normalized spacial score (nSPS) is 12.2. The molecule has 5 nitrogen and oxygen atoms in total. The zero-order valence-electron chi connectivity index (χ0n) is 12.0. The summed E-state index contributed by atoms with van der Waals surface area (Å²) >= 11 is 5.99. The number of fused-ring (bicyclic) bond motifs is 1. The van der Waals surface area contributed by atoms with Crippen LogP contribution in [-0.4, -0.2) is 30.2 Å². The Labute approximate surface area is 123 Å². The van der Waals surface area contributed by atoms with E-state index in [1.54, 1.807) is 20.3 Å². The number of methoxy groups -OCH3 is 2. The lowest BCUT2D eigenvalue weighted by atomic mass is 10.2. The summed E-state index contributed by atoms with van der Waals surface area (Å²) in [6.45, 7) is 4.19. The van der Waals surface area contributed by atoms with Crippen molar-refractivity contribution in [2.75, 3.05) is 19.5 Å². The van der Waals surface area contributed by atoms with E-state index in [-0.39, 0.29) is 11.3 Å². The summed E-state index contributed by atoms with van der Waals surface area (Å²) in [4.78, 5) is 8.50. The Bertz CT molecular complexity index is 619. The van der Waals surface area contributed by atoms with Crippen molar-refractivity contribution in [2.24, 2.45) is 0 Å². The van der Waals surface area contributed by atoms with E-state index in [0.717, 1.165) is 11.8 Å². The highest BCUT2D eigenvalue weighted by Gasteiger charge is 2.13. The minimum Gasteiger partial charge on any atom is -0.493 e. The van der Waals surface area contributed by atoms with Gasteiger partial charge in [0.25, 0.3) is 0 Å². The van der Waals surface area contributed by atoms with Gasteiger partial charge >= 0.3 is 0 Å². The lowest BCUT2D eigenvalue weighted by Crippen LogP contribution is -2.15. The predicted octanol–water partition coefficient (Wildman–Crippen LogP) is 3.51. The Kier molecular flexibility index (Phi) is 4.49. The third-order valence-corrected chi connectivity index (χ3v) is 3.34. The number of ether oxygens (including phenoxy) is 2. The molecule has 0 radical (unpaired) electrons. The first-order valence-electron chi connectivity index (χ1n) is 6.44. The second-order valence-corrected chi connectivity index (χ2v) is 4.86. The predicted molar refractivity (Wildman–Crippen MR) is 81.0 cm³/mol. The van der Waals surface area contributed by atoms with Gasteiger partial charge in [-0.2, -0.15) is 0 Å². The van der Waals surface area contributed by atoms with Crippen molar-refractivity contribution in [3.05, 3.63) is 17.4 Å². The van der Waals surface area contributed by atoms with E-state index in [9.17, 15) is 0 Å². The number of hydrogen-bond acceptors (Lipinski definition) is 5. The van der Waals surface area contributed by atoms with Gasteiger partial charge in [0.2, 0.25) is 5.28 Å². The van der Waals surface area contributed by atoms with Crippen LogP contribution in [0.5, 0.6) is 11.5 Å². The highest BCUT2D eigenvalue weighted by atomic mass is 35.5. The fourth-order valence-electron chi connectivity index (χ4n) is 1.87. The zero-order chi connectivity index (χ0) is 14.7. The third-order valence-electron chi connectivity index (χ3n) is 3.17. The fourth-order valence-corrected chi connectivity index (χ4v) is 2.05. The molecule has 1 N–H and O–H groups in total. The molecule has 2 aromatic rings. The van der Waals surface area contributed by atoms with E-state index >= 15 is 0 Å². The summed E-state index contributed by atoms with van der Waals surface area (Å²) in [7, 11) is 3.19. The maximum absolute atomic E-state index is 5.99. The van der Waals surface area contributed by atoms with Crippen LogP contribution in [0.3, 0.4) is 0 Å². The Morgan fingerprint density at radius 3 is 2.45 bits per heavy atom. The first-order valence-corrected chi connectivity index (χ1v) is 6.82. The summed E-state index contributed by atoms with van der Waals surface area (Å²) < 4.78 is 10.6. The Morgan fingerprint density at radius 2 is 1.85 bits per heavy atom. The molecule has 0 bridgehead atoms. The number of halogens is 1. The third kappa shape index (κ3) is 2.88. The minimum absolute atomic E-state index is 0.204. The summed E-state index contributed by atoms with van der Waals surface area (Å²) in [5, 5.41) is 4.39. The molecule has 0 fully saturated rings. The fraction of sp³-hybridized carbons (Fsp3) is 0.429. The SMILES string of the molecule is CCC(C)Nc1nc(Cl)nc2cc(OC)c(OC)cc12. The smallest absolute Gasteiger partial charge is 0.224 e. The first kappa shape index (κ1) is 14.7. The molecule has 0 aliphatic heterocycles. The van der Waals surface area contributed by atoms with Crippen LogP contribution >= 0.6 is 11.6 Å². The van der Waals surface area contributed by atoms with E-state index < -0.39 is 0 Å². The van der Waals surface area contributed by atoms with Crippen LogP contribution in [-0.2, 0) is 0 Å². The van der Waals surface area contributed by atoms with E-state index in [0.29, 0.717) is 22.8 Å². The maximum atomic E-state index is 5.99. The monoisotopic (exact) mass is 295 g/mol. The van der Waals surface area contributed by atoms with Crippen molar-refractivity contribution in [2.45, 2.75) is 26.3 Å². The molecule has 0 saturated carbocycles. The quantitative estimate of drug-likeness (QED) is 0.856. The molecule has 0 amide bonds. The van der Waals surface area contributed by atoms with Crippen LogP contribution in [0.4, 0.5) is 5.82 Å². The molecule has 1 aromatic heterocycles. The van der Waals surface area contributed by atoms with Gasteiger partial charge < -0.3 is 14.8 Å². The Hall–Kier alpha value is -1.75. The molecule has 1 atom stereocenters. The van der Waals surface area contributed by atoms with Gasteiger partial charge in [-0.3, -0.25) is 0 Å². The highest BCUT2D eigenvalue weighted by molar-refractivity contribution is 6.28. The molecule has 0 saturated heterocycles. The molecule has 108 valence electrons. The number of hydrogen-bond donors (Lipinski definition) is 1. The van der Waals surface area contributed by atoms with E-state index in [1.807, 2.05) is 6.07 Å². The molecule has 0 aliphatic rings. The average molecular weight is 296 g/mol. The van der Waals surface area contributed by atoms with Crippen molar-refractivity contribution in [3.8, 4) is 11.5 Å². The van der Waals surface area contributed by atoms with Gasteiger partial charge in [-0.05, 0) is 31.0 Å². The van der Waals surface area contributed by atoms with Gasteiger partial charge in [0.15, 0.2) is 11.5 Å². The molecular formula is C14H18ClN3O2. The zero-order valence-corrected chi connectivity index (χ0v) is 12.8. The number of aromatic nitrogens is 2. The summed E-state index contributed by atoms with van der Waals surface area (Å²) in [5.74, 6) is 1.96. The molecule has 1 heterocycles. The van der Waals surface area contributed by atoms with Crippen LogP contribution in [0.25, 0.3) is 10.9 Å². The van der Waals surface area contributed by atoms with Crippen molar-refractivity contribution in [1.82, 2.24) is 9.97 Å². The van der Waals surface area contributed by atoms with Gasteiger partial charge in [0.1, 0.15) is 5.82 Å². The van der Waals surface area contributed by atoms with Gasteiger partial charge in [-0.1, -0.05) is 6.92 Å². The standard InChI is InChI=1S/C14H18ClN3O2/c1-5-8(2)16-13-9-6-11(19-3)12(20-4)7-10(9)17-14(15)18-13/h6-8H,5H2,1-4H3,(H,16,17,18). The lowest BCUT2D eigenvalue weighted by molar-refractivity contribution is 0.356. The molecule has 0 aliphatic carbocycles. The summed E-state index contributed by atoms with van der Waals surface area (Å²) in [5.41, 5.74) is 0.716. The van der Waals surface area contributed by atoms with E-state index in [2.05, 4.69) is 29.1 Å². The average Bonchev–Trinajstić information content (AvgIpc) is 2.45. The number of benzene rings is 1. The van der Waals surface area contributed by atoms with Gasteiger partial charge in [0.05, 0.1) is 19.7 Å². The number of rotatable bonds is 5. The summed E-state index contributed by atoms with van der Waals surface area (Å²) in [6.07, 6.45) is 0.983. The van der Waals surface area contributed by atoms with Crippen LogP contribution < -0.4 is 14.8 Å². The molecule has 2 rings (SSSR count). The minimum atomic E-state index is 0.204.